The van der Waals surface area contributed by atoms with Crippen LogP contribution >= 0.6 is 27.5 Å². The summed E-state index contributed by atoms with van der Waals surface area (Å²) in [6.45, 7) is -0.165. The van der Waals surface area contributed by atoms with E-state index in [0.29, 0.717) is 28.1 Å². The van der Waals surface area contributed by atoms with Crippen LogP contribution in [0.25, 0.3) is 0 Å². The largest absolute Gasteiger partial charge is 0.483 e. The molecule has 114 valence electrons. The molecule has 0 aliphatic heterocycles. The van der Waals surface area contributed by atoms with Crippen LogP contribution in [0.3, 0.4) is 0 Å². The molecule has 0 saturated heterocycles. The molecule has 1 aromatic carbocycles. The number of rotatable bonds is 6. The highest BCUT2D eigenvalue weighted by atomic mass is 79.9. The Labute approximate surface area is 135 Å². The first-order valence-electron chi connectivity index (χ1n) is 6.51. The SMILES string of the molecule is O=C(O)CC1(NC(=O)COc2ccc(Cl)cc2Br)CCC1. The Balaban J connectivity index is 1.88. The second-order valence-electron chi connectivity index (χ2n) is 5.12. The first-order valence-corrected chi connectivity index (χ1v) is 7.68. The number of carboxylic acid groups (broad SMARTS) is 1. The number of aliphatic carboxylic acids is 1. The van der Waals surface area contributed by atoms with E-state index < -0.39 is 11.5 Å². The maximum absolute atomic E-state index is 11.9. The fourth-order valence-corrected chi connectivity index (χ4v) is 3.10. The number of halogens is 2. The van der Waals surface area contributed by atoms with Gasteiger partial charge in [0.1, 0.15) is 5.75 Å². The Hall–Kier alpha value is -1.27. The molecule has 5 nitrogen and oxygen atoms in total. The van der Waals surface area contributed by atoms with Crippen LogP contribution in [0.5, 0.6) is 5.75 Å². The van der Waals surface area contributed by atoms with Gasteiger partial charge in [-0.15, -0.1) is 0 Å². The van der Waals surface area contributed by atoms with E-state index in [0.717, 1.165) is 6.42 Å². The Kier molecular flexibility index (Phi) is 5.11. The molecule has 0 heterocycles. The van der Waals surface area contributed by atoms with Crippen molar-refractivity contribution in [1.82, 2.24) is 5.32 Å². The molecule has 1 saturated carbocycles. The molecule has 0 radical (unpaired) electrons. The maximum atomic E-state index is 11.9. The van der Waals surface area contributed by atoms with Gasteiger partial charge in [-0.3, -0.25) is 9.59 Å². The number of benzene rings is 1. The third-order valence-corrected chi connectivity index (χ3v) is 4.31. The van der Waals surface area contributed by atoms with E-state index in [2.05, 4.69) is 21.2 Å². The highest BCUT2D eigenvalue weighted by Gasteiger charge is 2.40. The molecule has 1 amide bonds. The van der Waals surface area contributed by atoms with E-state index in [-0.39, 0.29) is 18.9 Å². The highest BCUT2D eigenvalue weighted by molar-refractivity contribution is 9.10. The van der Waals surface area contributed by atoms with Gasteiger partial charge in [0, 0.05) is 5.02 Å². The molecule has 0 unspecified atom stereocenters. The summed E-state index contributed by atoms with van der Waals surface area (Å²) in [4.78, 5) is 22.8. The van der Waals surface area contributed by atoms with Gasteiger partial charge in [-0.05, 0) is 53.4 Å². The third kappa shape index (κ3) is 4.35. The summed E-state index contributed by atoms with van der Waals surface area (Å²) >= 11 is 9.12. The van der Waals surface area contributed by atoms with Crippen molar-refractivity contribution < 1.29 is 19.4 Å². The lowest BCUT2D eigenvalue weighted by Crippen LogP contribution is -2.55. The predicted octanol–water partition coefficient (Wildman–Crippen LogP) is 2.99. The van der Waals surface area contributed by atoms with Gasteiger partial charge in [-0.2, -0.15) is 0 Å². The van der Waals surface area contributed by atoms with E-state index in [4.69, 9.17) is 21.4 Å². The Bertz CT molecular complexity index is 560. The van der Waals surface area contributed by atoms with Gasteiger partial charge in [-0.1, -0.05) is 11.6 Å². The molecule has 7 heteroatoms. The smallest absolute Gasteiger partial charge is 0.305 e. The number of carboxylic acids is 1. The average Bonchev–Trinajstić information content (AvgIpc) is 2.34. The molecule has 1 aliphatic rings. The van der Waals surface area contributed by atoms with Crippen molar-refractivity contribution >= 4 is 39.4 Å². The van der Waals surface area contributed by atoms with Crippen molar-refractivity contribution in [2.24, 2.45) is 0 Å². The quantitative estimate of drug-likeness (QED) is 0.800. The number of nitrogens with one attached hydrogen (secondary N) is 1. The van der Waals surface area contributed by atoms with Crippen molar-refractivity contribution in [1.29, 1.82) is 0 Å². The molecule has 2 rings (SSSR count). The van der Waals surface area contributed by atoms with Crippen LogP contribution in [0.1, 0.15) is 25.7 Å². The third-order valence-electron chi connectivity index (χ3n) is 3.46. The second-order valence-corrected chi connectivity index (χ2v) is 6.41. The number of carbonyl (C=O) groups excluding carboxylic acids is 1. The van der Waals surface area contributed by atoms with Crippen LogP contribution in [-0.2, 0) is 9.59 Å². The van der Waals surface area contributed by atoms with Gasteiger partial charge in [0.25, 0.3) is 5.91 Å². The number of hydrogen-bond donors (Lipinski definition) is 2. The standard InChI is InChI=1S/C14H15BrClNO4/c15-10-6-9(16)2-3-11(10)21-8-12(18)17-14(4-1-5-14)7-13(19)20/h2-3,6H,1,4-5,7-8H2,(H,17,18)(H,19,20). The molecular weight excluding hydrogens is 362 g/mol. The lowest BCUT2D eigenvalue weighted by atomic mass is 9.74. The normalized spacial score (nSPS) is 15.9. The van der Waals surface area contributed by atoms with Crippen molar-refractivity contribution in [2.45, 2.75) is 31.2 Å². The summed E-state index contributed by atoms with van der Waals surface area (Å²) in [5.74, 6) is -0.718. The van der Waals surface area contributed by atoms with Crippen LogP contribution in [0.2, 0.25) is 5.02 Å². The van der Waals surface area contributed by atoms with Crippen LogP contribution in [0.15, 0.2) is 22.7 Å². The molecular formula is C14H15BrClNO4. The molecule has 1 fully saturated rings. The average molecular weight is 377 g/mol. The summed E-state index contributed by atoms with van der Waals surface area (Å²) in [6, 6.07) is 5.00. The molecule has 1 aromatic rings. The molecule has 1 aliphatic carbocycles. The van der Waals surface area contributed by atoms with Gasteiger partial charge in [0.2, 0.25) is 0 Å². The molecule has 0 bridgehead atoms. The van der Waals surface area contributed by atoms with Gasteiger partial charge < -0.3 is 15.2 Å². The fraction of sp³-hybridized carbons (Fsp3) is 0.429. The zero-order chi connectivity index (χ0) is 15.5. The van der Waals surface area contributed by atoms with Crippen molar-refractivity contribution in [3.05, 3.63) is 27.7 Å². The zero-order valence-electron chi connectivity index (χ0n) is 11.2. The van der Waals surface area contributed by atoms with E-state index in [9.17, 15) is 9.59 Å². The minimum Gasteiger partial charge on any atom is -0.483 e. The lowest BCUT2D eigenvalue weighted by molar-refractivity contribution is -0.140. The Morgan fingerprint density at radius 1 is 1.43 bits per heavy atom. The zero-order valence-corrected chi connectivity index (χ0v) is 13.5. The maximum Gasteiger partial charge on any atom is 0.305 e. The number of amides is 1. The molecule has 21 heavy (non-hydrogen) atoms. The minimum absolute atomic E-state index is 0.0522. The van der Waals surface area contributed by atoms with E-state index in [1.54, 1.807) is 18.2 Å². The number of carbonyl (C=O) groups is 2. The molecule has 0 spiro atoms. The summed E-state index contributed by atoms with van der Waals surface area (Å²) < 4.78 is 6.07. The molecule has 2 N–H and O–H groups in total. The summed E-state index contributed by atoms with van der Waals surface area (Å²) in [6.07, 6.45) is 2.26. The van der Waals surface area contributed by atoms with Gasteiger partial charge in [0.15, 0.2) is 6.61 Å². The van der Waals surface area contributed by atoms with E-state index in [1.807, 2.05) is 0 Å². The van der Waals surface area contributed by atoms with Crippen LogP contribution < -0.4 is 10.1 Å². The Morgan fingerprint density at radius 3 is 2.67 bits per heavy atom. The molecule has 0 aromatic heterocycles. The summed E-state index contributed by atoms with van der Waals surface area (Å²) in [5, 5.41) is 12.2. The van der Waals surface area contributed by atoms with Gasteiger partial charge >= 0.3 is 5.97 Å². The van der Waals surface area contributed by atoms with Crippen molar-refractivity contribution in [3.8, 4) is 5.75 Å². The van der Waals surface area contributed by atoms with Crippen LogP contribution in [-0.4, -0.2) is 29.1 Å². The second kappa shape index (κ2) is 6.66. The van der Waals surface area contributed by atoms with Gasteiger partial charge in [0.05, 0.1) is 16.4 Å². The number of hydrogen-bond acceptors (Lipinski definition) is 3. The van der Waals surface area contributed by atoms with Crippen LogP contribution in [0.4, 0.5) is 0 Å². The fourth-order valence-electron chi connectivity index (χ4n) is 2.31. The topological polar surface area (TPSA) is 75.6 Å². The van der Waals surface area contributed by atoms with Crippen molar-refractivity contribution in [3.63, 3.8) is 0 Å². The highest BCUT2D eigenvalue weighted by Crippen LogP contribution is 2.35. The first kappa shape index (κ1) is 16.1. The first-order chi connectivity index (χ1) is 9.90. The lowest BCUT2D eigenvalue weighted by Gasteiger charge is -2.41. The minimum atomic E-state index is -0.906. The van der Waals surface area contributed by atoms with E-state index in [1.165, 1.54) is 0 Å². The van der Waals surface area contributed by atoms with E-state index >= 15 is 0 Å². The van der Waals surface area contributed by atoms with Gasteiger partial charge in [-0.25, -0.2) is 0 Å². The number of ether oxygens (including phenoxy) is 1. The van der Waals surface area contributed by atoms with Crippen LogP contribution in [0, 0.1) is 0 Å². The predicted molar refractivity (Wildman–Crippen MR) is 81.6 cm³/mol. The summed E-state index contributed by atoms with van der Waals surface area (Å²) in [5.41, 5.74) is -0.608. The monoisotopic (exact) mass is 375 g/mol. The molecule has 0 atom stereocenters. The van der Waals surface area contributed by atoms with Crippen molar-refractivity contribution in [2.75, 3.05) is 6.61 Å². The Morgan fingerprint density at radius 2 is 2.14 bits per heavy atom. The summed E-state index contributed by atoms with van der Waals surface area (Å²) in [7, 11) is 0.